The Hall–Kier alpha value is -1.61. The van der Waals surface area contributed by atoms with Crippen molar-refractivity contribution in [2.24, 2.45) is 0 Å². The molecule has 1 saturated heterocycles. The number of piperidine rings is 1. The molecule has 1 aromatic heterocycles. The number of nitrogens with one attached hydrogen (secondary N) is 2. The predicted octanol–water partition coefficient (Wildman–Crippen LogP) is -0.00520. The molecule has 22 heavy (non-hydrogen) atoms. The van der Waals surface area contributed by atoms with Crippen molar-refractivity contribution >= 4 is 16.1 Å². The molecule has 0 radical (unpaired) electrons. The van der Waals surface area contributed by atoms with Crippen molar-refractivity contribution in [3.63, 3.8) is 0 Å². The van der Waals surface area contributed by atoms with Gasteiger partial charge in [-0.1, -0.05) is 0 Å². The molecule has 1 fully saturated rings. The number of hydrogen-bond donors (Lipinski definition) is 2. The lowest BCUT2D eigenvalue weighted by molar-refractivity contribution is 0.173. The highest BCUT2D eigenvalue weighted by atomic mass is 32.2. The van der Waals surface area contributed by atoms with Crippen molar-refractivity contribution in [1.82, 2.24) is 24.5 Å². The van der Waals surface area contributed by atoms with Crippen LogP contribution in [0.5, 0.6) is 0 Å². The van der Waals surface area contributed by atoms with E-state index in [0.29, 0.717) is 19.6 Å². The number of likely N-dealkylation sites (tertiary alicyclic amines) is 1. The molecule has 124 valence electrons. The molecule has 0 aliphatic carbocycles. The first-order valence-electron chi connectivity index (χ1n) is 7.32. The summed E-state index contributed by atoms with van der Waals surface area (Å²) >= 11 is 0. The zero-order chi connectivity index (χ0) is 16.2. The van der Waals surface area contributed by atoms with Crippen LogP contribution >= 0.6 is 0 Å². The molecule has 1 aliphatic heterocycles. The standard InChI is InChI=1S/C13H23N5O3S/c1-11(8-17-7-5-14-10-17)15-13(19)18-6-3-4-12(9-18)16-22(2,20)21/h5,7,10-12,16H,3-4,6,8-9H2,1-2H3,(H,15,19)/t11-,12+/m0/s1. The van der Waals surface area contributed by atoms with Crippen LogP contribution in [0.15, 0.2) is 18.7 Å². The average molecular weight is 329 g/mol. The number of carbonyl (C=O) groups is 1. The predicted molar refractivity (Wildman–Crippen MR) is 82.8 cm³/mol. The normalized spacial score (nSPS) is 20.6. The second-order valence-corrected chi connectivity index (χ2v) is 7.57. The van der Waals surface area contributed by atoms with E-state index < -0.39 is 10.0 Å². The van der Waals surface area contributed by atoms with E-state index in [-0.39, 0.29) is 18.1 Å². The van der Waals surface area contributed by atoms with Crippen molar-refractivity contribution in [3.8, 4) is 0 Å². The van der Waals surface area contributed by atoms with Gasteiger partial charge in [0.1, 0.15) is 0 Å². The number of urea groups is 1. The first-order valence-corrected chi connectivity index (χ1v) is 9.21. The van der Waals surface area contributed by atoms with Crippen LogP contribution in [0, 0.1) is 0 Å². The maximum Gasteiger partial charge on any atom is 0.317 e. The lowest BCUT2D eigenvalue weighted by Crippen LogP contribution is -2.53. The minimum absolute atomic E-state index is 0.0371. The van der Waals surface area contributed by atoms with Gasteiger partial charge in [-0.2, -0.15) is 0 Å². The van der Waals surface area contributed by atoms with Gasteiger partial charge >= 0.3 is 6.03 Å². The molecular weight excluding hydrogens is 306 g/mol. The third-order valence-electron chi connectivity index (χ3n) is 3.50. The van der Waals surface area contributed by atoms with Crippen molar-refractivity contribution in [1.29, 1.82) is 0 Å². The van der Waals surface area contributed by atoms with Gasteiger partial charge in [0, 0.05) is 44.1 Å². The summed E-state index contributed by atoms with van der Waals surface area (Å²) in [5, 5.41) is 2.93. The summed E-state index contributed by atoms with van der Waals surface area (Å²) in [6, 6.07) is -0.406. The van der Waals surface area contributed by atoms with Gasteiger partial charge in [0.05, 0.1) is 12.6 Å². The fourth-order valence-corrected chi connectivity index (χ4v) is 3.42. The van der Waals surface area contributed by atoms with Gasteiger partial charge in [-0.05, 0) is 19.8 Å². The first kappa shape index (κ1) is 16.8. The lowest BCUT2D eigenvalue weighted by atomic mass is 10.1. The van der Waals surface area contributed by atoms with Crippen LogP contribution in [0.25, 0.3) is 0 Å². The highest BCUT2D eigenvalue weighted by Gasteiger charge is 2.26. The highest BCUT2D eigenvalue weighted by molar-refractivity contribution is 7.88. The van der Waals surface area contributed by atoms with Gasteiger partial charge < -0.3 is 14.8 Å². The van der Waals surface area contributed by atoms with Crippen LogP contribution in [0.4, 0.5) is 4.79 Å². The Labute approximate surface area is 130 Å². The summed E-state index contributed by atoms with van der Waals surface area (Å²) < 4.78 is 27.1. The van der Waals surface area contributed by atoms with Crippen LogP contribution in [0.3, 0.4) is 0 Å². The maximum atomic E-state index is 12.3. The molecule has 0 saturated carbocycles. The van der Waals surface area contributed by atoms with Crippen LogP contribution in [0.1, 0.15) is 19.8 Å². The molecule has 0 bridgehead atoms. The Kier molecular flexibility index (Phi) is 5.41. The van der Waals surface area contributed by atoms with E-state index in [2.05, 4.69) is 15.0 Å². The van der Waals surface area contributed by atoms with Crippen molar-refractivity contribution in [2.75, 3.05) is 19.3 Å². The topological polar surface area (TPSA) is 96.3 Å². The largest absolute Gasteiger partial charge is 0.335 e. The summed E-state index contributed by atoms with van der Waals surface area (Å²) in [7, 11) is -3.25. The molecule has 2 atom stereocenters. The van der Waals surface area contributed by atoms with Crippen molar-refractivity contribution in [3.05, 3.63) is 18.7 Å². The van der Waals surface area contributed by atoms with E-state index in [1.54, 1.807) is 17.4 Å². The van der Waals surface area contributed by atoms with Crippen LogP contribution in [-0.4, -0.2) is 60.3 Å². The molecular formula is C13H23N5O3S. The van der Waals surface area contributed by atoms with E-state index in [4.69, 9.17) is 0 Å². The molecule has 0 spiro atoms. The van der Waals surface area contributed by atoms with E-state index in [1.165, 1.54) is 0 Å². The summed E-state index contributed by atoms with van der Waals surface area (Å²) in [6.45, 7) is 3.61. The summed E-state index contributed by atoms with van der Waals surface area (Å²) in [5.41, 5.74) is 0. The zero-order valence-electron chi connectivity index (χ0n) is 12.9. The van der Waals surface area contributed by atoms with E-state index in [1.807, 2.05) is 17.7 Å². The van der Waals surface area contributed by atoms with Gasteiger partial charge in [-0.3, -0.25) is 0 Å². The minimum atomic E-state index is -3.25. The molecule has 8 nitrogen and oxygen atoms in total. The van der Waals surface area contributed by atoms with Gasteiger partial charge in [0.25, 0.3) is 0 Å². The molecule has 2 rings (SSSR count). The third kappa shape index (κ3) is 5.30. The van der Waals surface area contributed by atoms with Crippen LogP contribution in [-0.2, 0) is 16.6 Å². The van der Waals surface area contributed by atoms with Crippen LogP contribution < -0.4 is 10.0 Å². The number of aromatic nitrogens is 2. The number of imidazole rings is 1. The van der Waals surface area contributed by atoms with Gasteiger partial charge in [0.15, 0.2) is 0 Å². The molecule has 2 heterocycles. The quantitative estimate of drug-likeness (QED) is 0.794. The average Bonchev–Trinajstić information content (AvgIpc) is 2.89. The van der Waals surface area contributed by atoms with Gasteiger partial charge in [0.2, 0.25) is 10.0 Å². The fourth-order valence-electron chi connectivity index (χ4n) is 2.62. The SMILES string of the molecule is C[C@@H](Cn1ccnc1)NC(=O)N1CCC[C@@H](NS(C)(=O)=O)C1. The lowest BCUT2D eigenvalue weighted by Gasteiger charge is -2.33. The Bertz CT molecular complexity index is 587. The molecule has 1 aliphatic rings. The third-order valence-corrected chi connectivity index (χ3v) is 4.26. The van der Waals surface area contributed by atoms with Gasteiger partial charge in [-0.25, -0.2) is 22.9 Å². The van der Waals surface area contributed by atoms with Crippen molar-refractivity contribution in [2.45, 2.75) is 38.4 Å². The Morgan fingerprint density at radius 2 is 2.27 bits per heavy atom. The van der Waals surface area contributed by atoms with Crippen LogP contribution in [0.2, 0.25) is 0 Å². The summed E-state index contributed by atoms with van der Waals surface area (Å²) in [4.78, 5) is 17.9. The Morgan fingerprint density at radius 3 is 2.91 bits per heavy atom. The second kappa shape index (κ2) is 7.10. The van der Waals surface area contributed by atoms with E-state index in [0.717, 1.165) is 19.1 Å². The molecule has 1 aromatic rings. The maximum absolute atomic E-state index is 12.3. The molecule has 2 amide bonds. The zero-order valence-corrected chi connectivity index (χ0v) is 13.7. The monoisotopic (exact) mass is 329 g/mol. The highest BCUT2D eigenvalue weighted by Crippen LogP contribution is 2.11. The first-order chi connectivity index (χ1) is 10.3. The van der Waals surface area contributed by atoms with E-state index >= 15 is 0 Å². The number of nitrogens with zero attached hydrogens (tertiary/aromatic N) is 3. The molecule has 9 heteroatoms. The molecule has 0 unspecified atom stereocenters. The Balaban J connectivity index is 1.83. The smallest absolute Gasteiger partial charge is 0.317 e. The van der Waals surface area contributed by atoms with Crippen molar-refractivity contribution < 1.29 is 13.2 Å². The number of sulfonamides is 1. The Morgan fingerprint density at radius 1 is 1.50 bits per heavy atom. The molecule has 0 aromatic carbocycles. The molecule has 2 N–H and O–H groups in total. The summed E-state index contributed by atoms with van der Waals surface area (Å²) in [6.07, 6.45) is 7.92. The second-order valence-electron chi connectivity index (χ2n) is 5.79. The van der Waals surface area contributed by atoms with E-state index in [9.17, 15) is 13.2 Å². The fraction of sp³-hybridized carbons (Fsp3) is 0.692. The number of amides is 2. The number of rotatable bonds is 5. The number of hydrogen-bond acceptors (Lipinski definition) is 4. The minimum Gasteiger partial charge on any atom is -0.335 e. The van der Waals surface area contributed by atoms with Gasteiger partial charge in [-0.15, -0.1) is 0 Å². The summed E-state index contributed by atoms with van der Waals surface area (Å²) in [5.74, 6) is 0. The number of carbonyl (C=O) groups excluding carboxylic acids is 1.